The lowest BCUT2D eigenvalue weighted by atomic mass is 10.2. The Hall–Kier alpha value is -0.780. The van der Waals surface area contributed by atoms with Gasteiger partial charge in [0, 0.05) is 22.8 Å². The molecule has 0 aliphatic rings. The third-order valence-electron chi connectivity index (χ3n) is 1.67. The van der Waals surface area contributed by atoms with E-state index in [0.717, 1.165) is 6.26 Å². The van der Waals surface area contributed by atoms with E-state index in [4.69, 9.17) is 17.3 Å². The van der Waals surface area contributed by atoms with E-state index in [-0.39, 0.29) is 6.54 Å². The summed E-state index contributed by atoms with van der Waals surface area (Å²) in [5.41, 5.74) is 6.71. The van der Waals surface area contributed by atoms with Crippen LogP contribution in [0.3, 0.4) is 0 Å². The van der Waals surface area contributed by atoms with Crippen LogP contribution in [0.5, 0.6) is 0 Å². The lowest BCUT2D eigenvalue weighted by Crippen LogP contribution is -2.22. The van der Waals surface area contributed by atoms with E-state index >= 15 is 0 Å². The third kappa shape index (κ3) is 3.17. The van der Waals surface area contributed by atoms with E-state index < -0.39 is 10.0 Å². The first-order chi connectivity index (χ1) is 6.40. The van der Waals surface area contributed by atoms with E-state index in [0.29, 0.717) is 16.3 Å². The molecular formula is C8H11ClN2O2S. The molecule has 0 aliphatic carbocycles. The molecule has 0 aromatic heterocycles. The lowest BCUT2D eigenvalue weighted by Gasteiger charge is -2.07. The van der Waals surface area contributed by atoms with Gasteiger partial charge in [-0.2, -0.15) is 0 Å². The Labute approximate surface area is 88.1 Å². The minimum atomic E-state index is -3.22. The van der Waals surface area contributed by atoms with E-state index in [1.165, 1.54) is 0 Å². The molecule has 0 saturated heterocycles. The highest BCUT2D eigenvalue weighted by Gasteiger charge is 2.07. The van der Waals surface area contributed by atoms with Gasteiger partial charge in [-0.1, -0.05) is 17.7 Å². The normalized spacial score (nSPS) is 11.6. The first-order valence-electron chi connectivity index (χ1n) is 3.87. The maximum atomic E-state index is 10.8. The van der Waals surface area contributed by atoms with Crippen LogP contribution in [0.15, 0.2) is 18.2 Å². The van der Waals surface area contributed by atoms with Gasteiger partial charge in [0.05, 0.1) is 6.26 Å². The predicted molar refractivity (Wildman–Crippen MR) is 57.5 cm³/mol. The van der Waals surface area contributed by atoms with Crippen LogP contribution < -0.4 is 10.5 Å². The fourth-order valence-corrected chi connectivity index (χ4v) is 1.62. The molecule has 0 unspecified atom stereocenters. The molecule has 1 rings (SSSR count). The number of halogens is 1. The molecule has 0 radical (unpaired) electrons. The molecule has 6 heteroatoms. The first kappa shape index (κ1) is 11.3. The quantitative estimate of drug-likeness (QED) is 0.766. The van der Waals surface area contributed by atoms with Crippen molar-refractivity contribution in [2.45, 2.75) is 6.54 Å². The molecule has 0 amide bonds. The van der Waals surface area contributed by atoms with Crippen molar-refractivity contribution < 1.29 is 8.42 Å². The number of anilines is 1. The van der Waals surface area contributed by atoms with Crippen molar-refractivity contribution in [2.75, 3.05) is 12.0 Å². The molecule has 0 fully saturated rings. The summed E-state index contributed by atoms with van der Waals surface area (Å²) in [6.07, 6.45) is 1.08. The van der Waals surface area contributed by atoms with Gasteiger partial charge in [0.25, 0.3) is 0 Å². The first-order valence-corrected chi connectivity index (χ1v) is 6.14. The van der Waals surface area contributed by atoms with Gasteiger partial charge in [0.15, 0.2) is 0 Å². The van der Waals surface area contributed by atoms with Crippen LogP contribution in [-0.4, -0.2) is 14.7 Å². The van der Waals surface area contributed by atoms with E-state index in [2.05, 4.69) is 4.72 Å². The van der Waals surface area contributed by atoms with Crippen molar-refractivity contribution in [3.05, 3.63) is 28.8 Å². The number of nitrogens with two attached hydrogens (primary N) is 1. The maximum absolute atomic E-state index is 10.8. The largest absolute Gasteiger partial charge is 0.398 e. The zero-order valence-corrected chi connectivity index (χ0v) is 9.19. The van der Waals surface area contributed by atoms with Gasteiger partial charge >= 0.3 is 0 Å². The van der Waals surface area contributed by atoms with Crippen molar-refractivity contribution in [3.8, 4) is 0 Å². The number of sulfonamides is 1. The second-order valence-corrected chi connectivity index (χ2v) is 5.14. The van der Waals surface area contributed by atoms with Crippen molar-refractivity contribution in [2.24, 2.45) is 0 Å². The van der Waals surface area contributed by atoms with E-state index in [1.807, 2.05) is 0 Å². The molecule has 0 heterocycles. The Bertz CT molecular complexity index is 411. The summed E-state index contributed by atoms with van der Waals surface area (Å²) in [6.45, 7) is 0.115. The summed E-state index contributed by atoms with van der Waals surface area (Å²) in [4.78, 5) is 0. The average molecular weight is 235 g/mol. The molecule has 14 heavy (non-hydrogen) atoms. The highest BCUT2D eigenvalue weighted by molar-refractivity contribution is 7.88. The molecule has 0 spiro atoms. The van der Waals surface area contributed by atoms with Crippen LogP contribution in [0.4, 0.5) is 5.69 Å². The smallest absolute Gasteiger partial charge is 0.209 e. The van der Waals surface area contributed by atoms with Gasteiger partial charge in [-0.3, -0.25) is 0 Å². The van der Waals surface area contributed by atoms with Gasteiger partial charge < -0.3 is 5.73 Å². The van der Waals surface area contributed by atoms with Gasteiger partial charge in [-0.05, 0) is 12.1 Å². The van der Waals surface area contributed by atoms with Crippen LogP contribution in [0.1, 0.15) is 5.56 Å². The summed E-state index contributed by atoms with van der Waals surface area (Å²) < 4.78 is 24.0. The monoisotopic (exact) mass is 234 g/mol. The third-order valence-corrected chi connectivity index (χ3v) is 2.69. The maximum Gasteiger partial charge on any atom is 0.209 e. The van der Waals surface area contributed by atoms with Gasteiger partial charge in [-0.15, -0.1) is 0 Å². The molecule has 1 aromatic carbocycles. The van der Waals surface area contributed by atoms with Gasteiger partial charge in [-0.25, -0.2) is 13.1 Å². The second kappa shape index (κ2) is 4.16. The summed E-state index contributed by atoms with van der Waals surface area (Å²) in [5, 5.41) is 0.459. The summed E-state index contributed by atoms with van der Waals surface area (Å²) >= 11 is 5.84. The zero-order valence-electron chi connectivity index (χ0n) is 7.62. The van der Waals surface area contributed by atoms with Crippen LogP contribution in [-0.2, 0) is 16.6 Å². The van der Waals surface area contributed by atoms with Gasteiger partial charge in [0.2, 0.25) is 10.0 Å². The highest BCUT2D eigenvalue weighted by atomic mass is 35.5. The molecule has 78 valence electrons. The van der Waals surface area contributed by atoms with E-state index in [1.54, 1.807) is 18.2 Å². The van der Waals surface area contributed by atoms with Crippen LogP contribution >= 0.6 is 11.6 Å². The van der Waals surface area contributed by atoms with Gasteiger partial charge in [0.1, 0.15) is 0 Å². The molecule has 3 N–H and O–H groups in total. The van der Waals surface area contributed by atoms with Crippen molar-refractivity contribution in [1.29, 1.82) is 0 Å². The summed E-state index contributed by atoms with van der Waals surface area (Å²) in [7, 11) is -3.22. The SMILES string of the molecule is CS(=O)(=O)NCc1c(N)cccc1Cl. The fourth-order valence-electron chi connectivity index (χ4n) is 0.965. The molecule has 0 aliphatic heterocycles. The zero-order chi connectivity index (χ0) is 10.8. The summed E-state index contributed by atoms with van der Waals surface area (Å²) in [5.74, 6) is 0. The molecule has 4 nitrogen and oxygen atoms in total. The fraction of sp³-hybridized carbons (Fsp3) is 0.250. The number of nitrogens with one attached hydrogen (secondary N) is 1. The number of benzene rings is 1. The highest BCUT2D eigenvalue weighted by Crippen LogP contribution is 2.21. The van der Waals surface area contributed by atoms with Crippen LogP contribution in [0.25, 0.3) is 0 Å². The Kier molecular flexibility index (Phi) is 3.36. The number of hydrogen-bond donors (Lipinski definition) is 2. The second-order valence-electron chi connectivity index (χ2n) is 2.90. The van der Waals surface area contributed by atoms with E-state index in [9.17, 15) is 8.42 Å². The van der Waals surface area contributed by atoms with Crippen LogP contribution in [0, 0.1) is 0 Å². The summed E-state index contributed by atoms with van der Waals surface area (Å²) in [6, 6.07) is 5.05. The van der Waals surface area contributed by atoms with Crippen LogP contribution in [0.2, 0.25) is 5.02 Å². The molecule has 0 bridgehead atoms. The van der Waals surface area contributed by atoms with Crippen molar-refractivity contribution in [1.82, 2.24) is 4.72 Å². The Morgan fingerprint density at radius 2 is 2.14 bits per heavy atom. The van der Waals surface area contributed by atoms with Crippen molar-refractivity contribution in [3.63, 3.8) is 0 Å². The Morgan fingerprint density at radius 3 is 2.64 bits per heavy atom. The molecule has 1 aromatic rings. The minimum absolute atomic E-state index is 0.115. The Balaban J connectivity index is 2.87. The van der Waals surface area contributed by atoms with Crippen molar-refractivity contribution >= 4 is 27.3 Å². The standard InChI is InChI=1S/C8H11ClN2O2S/c1-14(12,13)11-5-6-7(9)3-2-4-8(6)10/h2-4,11H,5,10H2,1H3. The number of rotatable bonds is 3. The molecule has 0 atom stereocenters. The number of nitrogen functional groups attached to an aromatic ring is 1. The molecule has 0 saturated carbocycles. The Morgan fingerprint density at radius 1 is 1.50 bits per heavy atom. The number of hydrogen-bond acceptors (Lipinski definition) is 3. The topological polar surface area (TPSA) is 72.2 Å². The average Bonchev–Trinajstić information content (AvgIpc) is 2.01. The lowest BCUT2D eigenvalue weighted by molar-refractivity contribution is 0.587. The predicted octanol–water partition coefficient (Wildman–Crippen LogP) is 0.971. The minimum Gasteiger partial charge on any atom is -0.398 e. The molecular weight excluding hydrogens is 224 g/mol.